The Morgan fingerprint density at radius 2 is 1.62 bits per heavy atom. The monoisotopic (exact) mass is 368 g/mol. The first-order valence-electron chi connectivity index (χ1n) is 7.87. The molecule has 0 radical (unpaired) electrons. The van der Waals surface area contributed by atoms with Crippen LogP contribution in [-0.2, 0) is 26.9 Å². The van der Waals surface area contributed by atoms with E-state index in [0.717, 1.165) is 10.9 Å². The first-order chi connectivity index (χ1) is 12.5. The van der Waals surface area contributed by atoms with Crippen LogP contribution in [0.4, 0.5) is 0 Å². The standard InChI is InChI=1S/C20H16O5S/c1-13(21)25-12-15-8-4-6-14-7-5-11-18(19(14)15)26(24)17-10-3-2-9-16(17)20(22)23/h2-11H,12H2,1H3,(H,22,23). The zero-order valence-corrected chi connectivity index (χ0v) is 14.8. The zero-order valence-electron chi connectivity index (χ0n) is 14.0. The predicted molar refractivity (Wildman–Crippen MR) is 97.5 cm³/mol. The van der Waals surface area contributed by atoms with E-state index in [9.17, 15) is 18.9 Å². The number of hydrogen-bond donors (Lipinski definition) is 1. The van der Waals surface area contributed by atoms with Gasteiger partial charge in [0.1, 0.15) is 6.61 Å². The summed E-state index contributed by atoms with van der Waals surface area (Å²) in [7, 11) is -1.70. The van der Waals surface area contributed by atoms with Crippen molar-refractivity contribution in [2.24, 2.45) is 0 Å². The lowest BCUT2D eigenvalue weighted by molar-refractivity contribution is -0.142. The molecule has 1 N–H and O–H groups in total. The number of fused-ring (bicyclic) bond motifs is 1. The van der Waals surface area contributed by atoms with E-state index in [1.165, 1.54) is 13.0 Å². The smallest absolute Gasteiger partial charge is 0.336 e. The number of carbonyl (C=O) groups excluding carboxylic acids is 1. The average molecular weight is 368 g/mol. The second kappa shape index (κ2) is 7.49. The van der Waals surface area contributed by atoms with Gasteiger partial charge in [-0.3, -0.25) is 4.79 Å². The summed E-state index contributed by atoms with van der Waals surface area (Å²) in [5, 5.41) is 10.9. The largest absolute Gasteiger partial charge is 0.478 e. The highest BCUT2D eigenvalue weighted by atomic mass is 32.2. The van der Waals surface area contributed by atoms with Crippen molar-refractivity contribution in [1.29, 1.82) is 0 Å². The van der Waals surface area contributed by atoms with E-state index in [0.29, 0.717) is 10.3 Å². The third-order valence-electron chi connectivity index (χ3n) is 3.90. The van der Waals surface area contributed by atoms with Crippen molar-refractivity contribution in [3.63, 3.8) is 0 Å². The van der Waals surface area contributed by atoms with E-state index in [-0.39, 0.29) is 17.1 Å². The fraction of sp³-hybridized carbons (Fsp3) is 0.100. The van der Waals surface area contributed by atoms with Gasteiger partial charge < -0.3 is 9.84 Å². The van der Waals surface area contributed by atoms with E-state index >= 15 is 0 Å². The Labute approximate surface area is 152 Å². The summed E-state index contributed by atoms with van der Waals surface area (Å²) in [6, 6.07) is 17.1. The summed E-state index contributed by atoms with van der Waals surface area (Å²) < 4.78 is 18.3. The van der Waals surface area contributed by atoms with Gasteiger partial charge in [0, 0.05) is 12.3 Å². The fourth-order valence-electron chi connectivity index (χ4n) is 2.76. The Hall–Kier alpha value is -2.99. The van der Waals surface area contributed by atoms with Crippen LogP contribution < -0.4 is 0 Å². The molecular weight excluding hydrogens is 352 g/mol. The van der Waals surface area contributed by atoms with Crippen molar-refractivity contribution in [1.82, 2.24) is 0 Å². The molecule has 0 aliphatic heterocycles. The molecule has 0 bridgehead atoms. The first kappa shape index (κ1) is 17.8. The maximum atomic E-state index is 13.2. The van der Waals surface area contributed by atoms with Crippen molar-refractivity contribution in [2.45, 2.75) is 23.3 Å². The van der Waals surface area contributed by atoms with Crippen molar-refractivity contribution in [2.75, 3.05) is 0 Å². The third kappa shape index (κ3) is 3.50. The Balaban J connectivity index is 2.18. The average Bonchev–Trinajstić information content (AvgIpc) is 2.65. The lowest BCUT2D eigenvalue weighted by atomic mass is 10.1. The minimum absolute atomic E-state index is 0.000281. The van der Waals surface area contributed by atoms with Crippen LogP contribution in [0.25, 0.3) is 10.8 Å². The molecule has 0 spiro atoms. The van der Waals surface area contributed by atoms with Gasteiger partial charge >= 0.3 is 11.9 Å². The van der Waals surface area contributed by atoms with E-state index in [4.69, 9.17) is 4.74 Å². The van der Waals surface area contributed by atoms with E-state index < -0.39 is 22.7 Å². The number of benzene rings is 3. The molecule has 3 rings (SSSR count). The number of carbonyl (C=O) groups is 2. The zero-order chi connectivity index (χ0) is 18.7. The van der Waals surface area contributed by atoms with Gasteiger partial charge in [-0.15, -0.1) is 0 Å². The van der Waals surface area contributed by atoms with Crippen LogP contribution in [-0.4, -0.2) is 21.3 Å². The number of carboxylic acid groups (broad SMARTS) is 1. The van der Waals surface area contributed by atoms with Crippen LogP contribution in [0.5, 0.6) is 0 Å². The van der Waals surface area contributed by atoms with Gasteiger partial charge in [0.2, 0.25) is 0 Å². The topological polar surface area (TPSA) is 80.7 Å². The van der Waals surface area contributed by atoms with Crippen molar-refractivity contribution in [3.05, 3.63) is 71.8 Å². The molecule has 3 aromatic rings. The second-order valence-electron chi connectivity index (χ2n) is 5.62. The second-order valence-corrected chi connectivity index (χ2v) is 7.04. The number of rotatable bonds is 5. The highest BCUT2D eigenvalue weighted by Crippen LogP contribution is 2.30. The predicted octanol–water partition coefficient (Wildman–Crippen LogP) is 3.77. The molecule has 6 heteroatoms. The maximum absolute atomic E-state index is 13.2. The van der Waals surface area contributed by atoms with Crippen LogP contribution in [0.2, 0.25) is 0 Å². The molecule has 1 unspecified atom stereocenters. The van der Waals surface area contributed by atoms with Gasteiger partial charge in [-0.2, -0.15) is 0 Å². The highest BCUT2D eigenvalue weighted by Gasteiger charge is 2.19. The lowest BCUT2D eigenvalue weighted by Crippen LogP contribution is -2.06. The molecule has 3 aromatic carbocycles. The van der Waals surface area contributed by atoms with Crippen LogP contribution in [0, 0.1) is 0 Å². The Kier molecular flexibility index (Phi) is 5.14. The Morgan fingerprint density at radius 1 is 0.962 bits per heavy atom. The molecule has 132 valence electrons. The minimum Gasteiger partial charge on any atom is -0.478 e. The van der Waals surface area contributed by atoms with E-state index in [1.54, 1.807) is 36.4 Å². The minimum atomic E-state index is -1.70. The van der Waals surface area contributed by atoms with Crippen molar-refractivity contribution < 1.29 is 23.6 Å². The molecule has 0 fully saturated rings. The van der Waals surface area contributed by atoms with Crippen molar-refractivity contribution in [3.8, 4) is 0 Å². The molecule has 1 atom stereocenters. The summed E-state index contributed by atoms with van der Waals surface area (Å²) in [5.74, 6) is -1.54. The summed E-state index contributed by atoms with van der Waals surface area (Å²) in [6.45, 7) is 1.38. The van der Waals surface area contributed by atoms with Crippen molar-refractivity contribution >= 4 is 33.5 Å². The van der Waals surface area contributed by atoms with Gasteiger partial charge in [0.05, 0.1) is 26.2 Å². The van der Waals surface area contributed by atoms with Gasteiger partial charge in [-0.25, -0.2) is 9.00 Å². The molecule has 5 nitrogen and oxygen atoms in total. The number of esters is 1. The molecule has 0 saturated heterocycles. The first-order valence-corrected chi connectivity index (χ1v) is 9.02. The molecule has 0 aliphatic rings. The normalized spacial score (nSPS) is 11.9. The van der Waals surface area contributed by atoms with Gasteiger partial charge in [-0.05, 0) is 29.1 Å². The number of carboxylic acids is 1. The molecule has 0 aliphatic carbocycles. The van der Waals surface area contributed by atoms with E-state index in [2.05, 4.69) is 0 Å². The van der Waals surface area contributed by atoms with Gasteiger partial charge in [0.15, 0.2) is 0 Å². The highest BCUT2D eigenvalue weighted by molar-refractivity contribution is 7.85. The van der Waals surface area contributed by atoms with Gasteiger partial charge in [0.25, 0.3) is 0 Å². The van der Waals surface area contributed by atoms with E-state index in [1.807, 2.05) is 18.2 Å². The third-order valence-corrected chi connectivity index (χ3v) is 5.40. The molecule has 0 amide bonds. The maximum Gasteiger partial charge on any atom is 0.336 e. The molecule has 0 heterocycles. The Bertz CT molecular complexity index is 1020. The summed E-state index contributed by atoms with van der Waals surface area (Å²) in [5.41, 5.74) is 0.717. The number of hydrogen-bond acceptors (Lipinski definition) is 4. The molecule has 26 heavy (non-hydrogen) atoms. The summed E-state index contributed by atoms with van der Waals surface area (Å²) >= 11 is 0. The van der Waals surface area contributed by atoms with Gasteiger partial charge in [-0.1, -0.05) is 42.5 Å². The van der Waals surface area contributed by atoms with Crippen LogP contribution in [0.3, 0.4) is 0 Å². The molecule has 0 aromatic heterocycles. The number of aromatic carboxylic acids is 1. The Morgan fingerprint density at radius 3 is 2.31 bits per heavy atom. The van der Waals surface area contributed by atoms with Crippen LogP contribution in [0.15, 0.2) is 70.5 Å². The summed E-state index contributed by atoms with van der Waals surface area (Å²) in [4.78, 5) is 23.4. The van der Waals surface area contributed by atoms with Crippen LogP contribution in [0.1, 0.15) is 22.8 Å². The fourth-order valence-corrected chi connectivity index (χ4v) is 4.19. The summed E-state index contributed by atoms with van der Waals surface area (Å²) in [6.07, 6.45) is 0. The quantitative estimate of drug-likeness (QED) is 0.694. The SMILES string of the molecule is CC(=O)OCc1cccc2cccc(S(=O)c3ccccc3C(=O)O)c12. The molecule has 0 saturated carbocycles. The molecular formula is C20H16O5S. The number of ether oxygens (including phenoxy) is 1. The lowest BCUT2D eigenvalue weighted by Gasteiger charge is -2.13. The van der Waals surface area contributed by atoms with Crippen LogP contribution >= 0.6 is 0 Å².